The second kappa shape index (κ2) is 9.49. The van der Waals surface area contributed by atoms with Gasteiger partial charge in [0.25, 0.3) is 5.91 Å². The van der Waals surface area contributed by atoms with Crippen molar-refractivity contribution in [2.24, 2.45) is 0 Å². The van der Waals surface area contributed by atoms with E-state index in [4.69, 9.17) is 23.2 Å². The van der Waals surface area contributed by atoms with Crippen LogP contribution in [0.4, 0.5) is 9.52 Å². The van der Waals surface area contributed by atoms with Crippen molar-refractivity contribution < 1.29 is 9.18 Å². The first-order chi connectivity index (χ1) is 12.3. The molecule has 27 heavy (non-hydrogen) atoms. The molecule has 0 unspecified atom stereocenters. The van der Waals surface area contributed by atoms with Crippen molar-refractivity contribution in [3.8, 4) is 0 Å². The van der Waals surface area contributed by atoms with Crippen molar-refractivity contribution >= 4 is 79.5 Å². The third-order valence-corrected chi connectivity index (χ3v) is 6.22. The van der Waals surface area contributed by atoms with Crippen LogP contribution in [0.3, 0.4) is 0 Å². The van der Waals surface area contributed by atoms with Gasteiger partial charge in [-0.3, -0.25) is 9.69 Å². The molecule has 2 aromatic heterocycles. The smallest absolute Gasteiger partial charge is 0.262 e. The zero-order valence-corrected chi connectivity index (χ0v) is 18.5. The Hall–Kier alpha value is -0.960. The van der Waals surface area contributed by atoms with Crippen molar-refractivity contribution in [1.82, 2.24) is 9.88 Å². The van der Waals surface area contributed by atoms with E-state index in [-0.39, 0.29) is 24.1 Å². The molecular formula is C17H17Cl3FN3OS2. The van der Waals surface area contributed by atoms with Crippen LogP contribution in [0.2, 0.25) is 8.67 Å². The maximum atomic E-state index is 13.5. The van der Waals surface area contributed by atoms with Gasteiger partial charge in [0.2, 0.25) is 0 Å². The Kier molecular flexibility index (Phi) is 7.85. The van der Waals surface area contributed by atoms with E-state index in [9.17, 15) is 9.18 Å². The number of thiazole rings is 1. The van der Waals surface area contributed by atoms with E-state index in [1.165, 1.54) is 23.5 Å². The normalized spacial score (nSPS) is 11.0. The highest BCUT2D eigenvalue weighted by Gasteiger charge is 2.24. The molecule has 1 aromatic carbocycles. The van der Waals surface area contributed by atoms with E-state index < -0.39 is 0 Å². The molecule has 0 saturated carbocycles. The van der Waals surface area contributed by atoms with E-state index >= 15 is 0 Å². The van der Waals surface area contributed by atoms with E-state index in [2.05, 4.69) is 4.98 Å². The maximum absolute atomic E-state index is 13.5. The van der Waals surface area contributed by atoms with Crippen LogP contribution < -0.4 is 4.90 Å². The summed E-state index contributed by atoms with van der Waals surface area (Å²) < 4.78 is 15.0. The Morgan fingerprint density at radius 2 is 1.93 bits per heavy atom. The highest BCUT2D eigenvalue weighted by atomic mass is 35.5. The highest BCUT2D eigenvalue weighted by molar-refractivity contribution is 7.22. The second-order valence-corrected chi connectivity index (χ2v) is 9.25. The summed E-state index contributed by atoms with van der Waals surface area (Å²) >= 11 is 14.6. The molecule has 10 heteroatoms. The van der Waals surface area contributed by atoms with Gasteiger partial charge in [0.15, 0.2) is 5.13 Å². The number of amides is 1. The zero-order valence-electron chi connectivity index (χ0n) is 14.5. The molecular weight excluding hydrogens is 452 g/mol. The van der Waals surface area contributed by atoms with Gasteiger partial charge in [-0.2, -0.15) is 0 Å². The topological polar surface area (TPSA) is 36.4 Å². The van der Waals surface area contributed by atoms with E-state index in [1.807, 2.05) is 19.0 Å². The standard InChI is InChI=1S/C17H16Cl2FN3OS2.ClH/c1-22(2)6-3-7-23(16(24)11-9-14(18)26-15(11)19)17-21-12-5-4-10(20)8-13(12)25-17;/h4-5,8-9H,3,6-7H2,1-2H3;1H. The third kappa shape index (κ3) is 5.31. The van der Waals surface area contributed by atoms with Crippen molar-refractivity contribution in [1.29, 1.82) is 0 Å². The number of hydrogen-bond donors (Lipinski definition) is 0. The monoisotopic (exact) mass is 467 g/mol. The first kappa shape index (κ1) is 22.3. The molecule has 1 amide bonds. The van der Waals surface area contributed by atoms with Gasteiger partial charge in [0.05, 0.1) is 20.1 Å². The van der Waals surface area contributed by atoms with Gasteiger partial charge < -0.3 is 4.90 Å². The lowest BCUT2D eigenvalue weighted by molar-refractivity contribution is 0.0986. The average Bonchev–Trinajstić information content (AvgIpc) is 3.12. The van der Waals surface area contributed by atoms with Gasteiger partial charge in [-0.25, -0.2) is 9.37 Å². The summed E-state index contributed by atoms with van der Waals surface area (Å²) in [6.07, 6.45) is 0.762. The number of fused-ring (bicyclic) bond motifs is 1. The number of carbonyl (C=O) groups is 1. The number of aromatic nitrogens is 1. The molecule has 0 spiro atoms. The summed E-state index contributed by atoms with van der Waals surface area (Å²) in [4.78, 5) is 21.2. The van der Waals surface area contributed by atoms with Crippen molar-refractivity contribution in [2.45, 2.75) is 6.42 Å². The van der Waals surface area contributed by atoms with Crippen LogP contribution in [-0.4, -0.2) is 43.0 Å². The number of nitrogens with zero attached hydrogens (tertiary/aromatic N) is 3. The minimum Gasteiger partial charge on any atom is -0.309 e. The van der Waals surface area contributed by atoms with Gasteiger partial charge in [-0.15, -0.1) is 23.7 Å². The summed E-state index contributed by atoms with van der Waals surface area (Å²) in [6, 6.07) is 5.97. The number of rotatable bonds is 6. The summed E-state index contributed by atoms with van der Waals surface area (Å²) in [7, 11) is 3.95. The average molecular weight is 469 g/mol. The number of thiophene rings is 1. The zero-order chi connectivity index (χ0) is 18.8. The van der Waals surface area contributed by atoms with Crippen LogP contribution in [0.1, 0.15) is 16.8 Å². The number of benzene rings is 1. The Morgan fingerprint density at radius 3 is 2.56 bits per heavy atom. The van der Waals surface area contributed by atoms with Gasteiger partial charge in [-0.1, -0.05) is 34.5 Å². The summed E-state index contributed by atoms with van der Waals surface area (Å²) in [6.45, 7) is 1.30. The van der Waals surface area contributed by atoms with Gasteiger partial charge in [0, 0.05) is 6.54 Å². The predicted octanol–water partition coefficient (Wildman–Crippen LogP) is 5.82. The minimum atomic E-state index is -0.328. The number of anilines is 1. The molecule has 0 radical (unpaired) electrons. The lowest BCUT2D eigenvalue weighted by Gasteiger charge is -2.20. The van der Waals surface area contributed by atoms with Crippen LogP contribution in [-0.2, 0) is 0 Å². The summed E-state index contributed by atoms with van der Waals surface area (Å²) in [5.41, 5.74) is 1.02. The number of halogens is 4. The molecule has 146 valence electrons. The number of carbonyl (C=O) groups excluding carboxylic acids is 1. The summed E-state index contributed by atoms with van der Waals surface area (Å²) in [5.74, 6) is -0.581. The molecule has 0 bridgehead atoms. The molecule has 0 N–H and O–H groups in total. The van der Waals surface area contributed by atoms with Crippen LogP contribution in [0.25, 0.3) is 10.2 Å². The second-order valence-electron chi connectivity index (χ2n) is 5.96. The molecule has 0 aliphatic carbocycles. The van der Waals surface area contributed by atoms with Gasteiger partial charge in [-0.05, 0) is 51.3 Å². The predicted molar refractivity (Wildman–Crippen MR) is 116 cm³/mol. The van der Waals surface area contributed by atoms with E-state index in [0.29, 0.717) is 36.1 Å². The number of hydrogen-bond acceptors (Lipinski definition) is 5. The Balaban J connectivity index is 0.00000261. The lowest BCUT2D eigenvalue weighted by atomic mass is 10.3. The Labute approximate surface area is 180 Å². The van der Waals surface area contributed by atoms with Crippen molar-refractivity contribution in [2.75, 3.05) is 32.1 Å². The molecule has 3 rings (SSSR count). The fraction of sp³-hybridized carbons (Fsp3) is 0.294. The Bertz CT molecular complexity index is 945. The van der Waals surface area contributed by atoms with E-state index in [1.54, 1.807) is 17.0 Å². The first-order valence-electron chi connectivity index (χ1n) is 7.82. The molecule has 0 atom stereocenters. The lowest BCUT2D eigenvalue weighted by Crippen LogP contribution is -2.33. The molecule has 0 saturated heterocycles. The van der Waals surface area contributed by atoms with Crippen LogP contribution in [0.5, 0.6) is 0 Å². The molecule has 0 aliphatic heterocycles. The van der Waals surface area contributed by atoms with Crippen LogP contribution in [0.15, 0.2) is 24.3 Å². The first-order valence-corrected chi connectivity index (χ1v) is 10.2. The van der Waals surface area contributed by atoms with Gasteiger partial charge in [0.1, 0.15) is 10.2 Å². The van der Waals surface area contributed by atoms with Crippen LogP contribution >= 0.6 is 58.3 Å². The fourth-order valence-electron chi connectivity index (χ4n) is 2.46. The largest absolute Gasteiger partial charge is 0.309 e. The highest BCUT2D eigenvalue weighted by Crippen LogP contribution is 2.35. The van der Waals surface area contributed by atoms with Crippen molar-refractivity contribution in [3.05, 3.63) is 44.3 Å². The Morgan fingerprint density at radius 1 is 1.19 bits per heavy atom. The fourth-order valence-corrected chi connectivity index (χ4v) is 4.93. The molecule has 0 fully saturated rings. The van der Waals surface area contributed by atoms with Gasteiger partial charge >= 0.3 is 0 Å². The third-order valence-electron chi connectivity index (χ3n) is 3.69. The SMILES string of the molecule is CN(C)CCCN(C(=O)c1cc(Cl)sc1Cl)c1nc2ccc(F)cc2s1.Cl. The van der Waals surface area contributed by atoms with Crippen molar-refractivity contribution in [3.63, 3.8) is 0 Å². The van der Waals surface area contributed by atoms with Crippen LogP contribution in [0, 0.1) is 5.82 Å². The molecule has 4 nitrogen and oxygen atoms in total. The minimum absolute atomic E-state index is 0. The maximum Gasteiger partial charge on any atom is 0.262 e. The van der Waals surface area contributed by atoms with E-state index in [0.717, 1.165) is 24.3 Å². The summed E-state index contributed by atoms with van der Waals surface area (Å²) in [5, 5.41) is 0.521. The molecule has 3 aromatic rings. The molecule has 2 heterocycles. The molecule has 0 aliphatic rings. The quantitative estimate of drug-likeness (QED) is 0.457.